The van der Waals surface area contributed by atoms with Gasteiger partial charge < -0.3 is 139 Å². The van der Waals surface area contributed by atoms with E-state index in [2.05, 4.69) is 108 Å². The summed E-state index contributed by atoms with van der Waals surface area (Å²) < 4.78 is 0. The molecule has 0 aliphatic heterocycles. The van der Waals surface area contributed by atoms with E-state index >= 15 is 9.59 Å². The Bertz CT molecular complexity index is 4550. The fourth-order valence-electron chi connectivity index (χ4n) is 13.4. The molecule has 748 valence electrons. The molecule has 3 aromatic rings. The highest BCUT2D eigenvalue weighted by atomic mass is 32.1. The molecule has 0 unspecified atom stereocenters. The van der Waals surface area contributed by atoms with E-state index in [1.807, 2.05) is 6.92 Å². The van der Waals surface area contributed by atoms with Gasteiger partial charge >= 0.3 is 11.9 Å². The zero-order chi connectivity index (χ0) is 102. The number of nitrogens with zero attached hydrogens (tertiary/aromatic N) is 1. The number of benzene rings is 2. The molecule has 48 nitrogen and oxygen atoms in total. The average molecular weight is 1920 g/mol. The number of nitrogens with two attached hydrogens (primary N) is 5. The van der Waals surface area contributed by atoms with Gasteiger partial charge in [0.15, 0.2) is 5.96 Å². The fourth-order valence-corrected chi connectivity index (χ4v) is 13.6. The summed E-state index contributed by atoms with van der Waals surface area (Å²) in [5.41, 5.74) is 29.7. The summed E-state index contributed by atoms with van der Waals surface area (Å²) in [6.07, 6.45) is -5.74. The molecule has 1 aromatic heterocycles. The number of aliphatic carboxylic acids is 2. The lowest BCUT2D eigenvalue weighted by Crippen LogP contribution is -2.64. The Kier molecular flexibility index (Phi) is 49.6. The van der Waals surface area contributed by atoms with Crippen LogP contribution < -0.4 is 114 Å². The van der Waals surface area contributed by atoms with Crippen LogP contribution in [0.4, 0.5) is 0 Å². The number of amides is 18. The molecule has 21 atom stereocenters. The van der Waals surface area contributed by atoms with Gasteiger partial charge in [-0.1, -0.05) is 149 Å². The minimum atomic E-state index is -2.18. The van der Waals surface area contributed by atoms with Crippen LogP contribution in [0.25, 0.3) is 0 Å². The maximum absolute atomic E-state index is 15.2. The third-order valence-corrected chi connectivity index (χ3v) is 22.4. The number of H-pyrrole nitrogens is 1. The summed E-state index contributed by atoms with van der Waals surface area (Å²) in [5.74, 6) is -27.8. The zero-order valence-corrected chi connectivity index (χ0v) is 78.4. The van der Waals surface area contributed by atoms with Gasteiger partial charge in [-0.2, -0.15) is 12.6 Å². The quantitative estimate of drug-likeness (QED) is 0.0108. The minimum Gasteiger partial charge on any atom is -0.481 e. The fraction of sp³-hybridized carbons (Fsp3) is 0.581. The van der Waals surface area contributed by atoms with E-state index in [0.717, 1.165) is 13.8 Å². The van der Waals surface area contributed by atoms with E-state index < -0.39 is 289 Å². The van der Waals surface area contributed by atoms with Crippen LogP contribution in [0, 0.1) is 35.0 Å². The number of primary amides is 3. The van der Waals surface area contributed by atoms with Crippen LogP contribution in [0.2, 0.25) is 0 Å². The number of nitrogens with one attached hydrogen (secondary N) is 18. The van der Waals surface area contributed by atoms with E-state index in [-0.39, 0.29) is 63.2 Å². The van der Waals surface area contributed by atoms with Gasteiger partial charge in [-0.15, -0.1) is 0 Å². The van der Waals surface area contributed by atoms with E-state index in [0.29, 0.717) is 23.2 Å². The predicted octanol–water partition coefficient (Wildman–Crippen LogP) is -6.98. The second-order valence-corrected chi connectivity index (χ2v) is 34.1. The lowest BCUT2D eigenvalue weighted by Gasteiger charge is -2.31. The first-order valence-electron chi connectivity index (χ1n) is 44.1. The highest BCUT2D eigenvalue weighted by Crippen LogP contribution is 2.18. The lowest BCUT2D eigenvalue weighted by atomic mass is 9.96. The first-order chi connectivity index (χ1) is 63.4. The first kappa shape index (κ1) is 116. The molecule has 18 amide bonds. The van der Waals surface area contributed by atoms with Gasteiger partial charge in [-0.05, 0) is 73.8 Å². The number of carboxylic acid groups (broad SMARTS) is 2. The van der Waals surface area contributed by atoms with Crippen LogP contribution in [0.5, 0.6) is 0 Å². The van der Waals surface area contributed by atoms with Crippen LogP contribution in [0.15, 0.2) is 73.2 Å². The SMILES string of the molecule is CC[C@H](C)[C@H](N)C(=O)N[C@@H](Cc1c[nH]cn1)C(=O)N[C@@H](CCCNC(=N)N)C(=O)N[C@@H](CC(N)=O)C(=O)N[C@H](C(=O)N[C@@H](Cc1ccccc1)C(=O)N[C@@H](Cc1ccccc1)C(=O)N[C@H](C(=O)N[C@@H](CCC(=O)O)C(=O)N[C@@H](CC(N)=O)C(=O)N[C@H](C(=O)N[C@@H](CC(N)=O)C(=O)N[C@H](C(=O)N[C@H](C(=O)N[C@H](C(=O)N[C@@H](CS)C(=O)O)C(C)C)[C@@H](C)O)[C@@H](C)CC)[C@@H](C)O)[C@@H](C)CC)C(C)C. The van der Waals surface area contributed by atoms with E-state index in [4.69, 9.17) is 34.1 Å². The van der Waals surface area contributed by atoms with E-state index in [1.165, 1.54) is 54.1 Å². The molecule has 0 bridgehead atoms. The van der Waals surface area contributed by atoms with Crippen molar-refractivity contribution in [2.75, 3.05) is 12.3 Å². The number of imidazole rings is 1. The van der Waals surface area contributed by atoms with Gasteiger partial charge in [-0.25, -0.2) is 9.78 Å². The summed E-state index contributed by atoms with van der Waals surface area (Å²) >= 11 is 3.93. The van der Waals surface area contributed by atoms with E-state index in [1.54, 1.807) is 81.4 Å². The van der Waals surface area contributed by atoms with Crippen molar-refractivity contribution in [3.05, 3.63) is 90.0 Å². The summed E-state index contributed by atoms with van der Waals surface area (Å²) in [6, 6.07) is -10.9. The molecule has 135 heavy (non-hydrogen) atoms. The third kappa shape index (κ3) is 40.1. The molecule has 2 aromatic carbocycles. The number of carbonyl (C=O) groups excluding carboxylic acids is 18. The Morgan fingerprint density at radius 3 is 1.07 bits per heavy atom. The van der Waals surface area contributed by atoms with Crippen molar-refractivity contribution in [3.63, 3.8) is 0 Å². The summed E-state index contributed by atoms with van der Waals surface area (Å²) in [6.45, 7) is 17.8. The number of carboxylic acids is 2. The molecule has 0 radical (unpaired) electrons. The number of thiol groups is 1. The summed E-state index contributed by atoms with van der Waals surface area (Å²) in [7, 11) is 0. The normalized spacial score (nSPS) is 15.9. The number of aromatic amines is 1. The van der Waals surface area contributed by atoms with Crippen molar-refractivity contribution in [3.8, 4) is 0 Å². The maximum Gasteiger partial charge on any atom is 0.327 e. The van der Waals surface area contributed by atoms with Crippen molar-refractivity contribution in [2.24, 2.45) is 58.3 Å². The molecular formula is C86H134N24O24S. The number of aromatic nitrogens is 2. The Morgan fingerprint density at radius 2 is 0.689 bits per heavy atom. The molecule has 49 heteroatoms. The van der Waals surface area contributed by atoms with Gasteiger partial charge in [0.1, 0.15) is 90.6 Å². The third-order valence-electron chi connectivity index (χ3n) is 22.0. The van der Waals surface area contributed by atoms with Crippen LogP contribution >= 0.6 is 12.6 Å². The van der Waals surface area contributed by atoms with E-state index in [9.17, 15) is 107 Å². The lowest BCUT2D eigenvalue weighted by molar-refractivity contribution is -0.142. The highest BCUT2D eigenvalue weighted by Gasteiger charge is 2.43. The van der Waals surface area contributed by atoms with Crippen molar-refractivity contribution in [2.45, 2.75) is 275 Å². The Hall–Kier alpha value is -13.4. The number of rotatable bonds is 61. The molecule has 3 rings (SSSR count). The molecule has 32 N–H and O–H groups in total. The largest absolute Gasteiger partial charge is 0.481 e. The van der Waals surface area contributed by atoms with Crippen molar-refractivity contribution >= 4 is 137 Å². The number of hydrogen-bond acceptors (Lipinski definition) is 26. The van der Waals surface area contributed by atoms with Gasteiger partial charge in [0.25, 0.3) is 0 Å². The number of aliphatic hydroxyl groups is 2. The van der Waals surface area contributed by atoms with Crippen LogP contribution in [-0.4, -0.2) is 276 Å². The average Bonchev–Trinajstić information content (AvgIpc) is 1.14. The number of hydrogen-bond donors (Lipinski definition) is 28. The topological polar surface area (TPSA) is 797 Å². The van der Waals surface area contributed by atoms with Gasteiger partial charge in [0.05, 0.1) is 49.5 Å². The molecule has 0 saturated heterocycles. The highest BCUT2D eigenvalue weighted by molar-refractivity contribution is 7.80. The van der Waals surface area contributed by atoms with Crippen LogP contribution in [-0.2, 0) is 115 Å². The Labute approximate surface area is 786 Å². The molecule has 0 spiro atoms. The zero-order valence-electron chi connectivity index (χ0n) is 77.5. The van der Waals surface area contributed by atoms with Crippen LogP contribution in [0.3, 0.4) is 0 Å². The molecule has 0 aliphatic carbocycles. The van der Waals surface area contributed by atoms with Crippen molar-refractivity contribution in [1.29, 1.82) is 5.41 Å². The molecule has 1 heterocycles. The van der Waals surface area contributed by atoms with Crippen molar-refractivity contribution < 1.29 is 116 Å². The van der Waals surface area contributed by atoms with Crippen LogP contribution in [0.1, 0.15) is 164 Å². The number of aliphatic hydroxyl groups excluding tert-OH is 2. The molecule has 0 saturated carbocycles. The number of carbonyl (C=O) groups is 20. The monoisotopic (exact) mass is 1920 g/mol. The van der Waals surface area contributed by atoms with Gasteiger partial charge in [0, 0.05) is 44.2 Å². The standard InChI is InChI=1S/C86H134N24O24S/c1-13-42(8)63(90)78(126)101-54(33-49-37-93-39-95-49)73(121)96-50(27-22-30-94-86(91)92)70(118)99-55(34-59(87)113)75(123)105-64(40(4)5)79(127)102-52(31-47-23-18-16-19-24-47)72(120)98-53(32-48-25-20-17-21-26-48)74(122)107-66(43(9)14-2)81(129)97-51(28-29-62(116)117)71(119)100-56(35-60(88)114)77(125)109-68(45(11)111)83(131)103-57(36-61(89)115)76(124)108-67(44(10)15-3)82(130)110-69(46(12)112)84(132)106-65(41(6)7)80(128)104-58(38-135)85(133)134/h16-21,23-26,37,39-46,50-58,63-69,111-112,135H,13-15,22,27-36,38,90H2,1-12H3,(H2,87,113)(H2,88,114)(H2,89,115)(H,93,95)(H,96,121)(H,97,129)(H,98,120)(H,99,118)(H,100,119)(H,101,126)(H,102,127)(H,103,131)(H,104,128)(H,105,123)(H,106,132)(H,107,122)(H,108,124)(H,109,125)(H,110,130)(H,116,117)(H,133,134)(H4,91,92,94)/t42-,43-,44-,45+,46+,50-,51-,52-,53-,54-,55-,56-,57-,58-,63-,64-,65-,66-,67-,68-,69-/m0/s1. The minimum absolute atomic E-state index is 0.00711. The number of guanidine groups is 1. The maximum atomic E-state index is 15.2. The second kappa shape index (κ2) is 57.9. The first-order valence-corrected chi connectivity index (χ1v) is 44.7. The molecular weight excluding hydrogens is 1790 g/mol. The van der Waals surface area contributed by atoms with Gasteiger partial charge in [-0.3, -0.25) is 96.5 Å². The van der Waals surface area contributed by atoms with Gasteiger partial charge in [0.2, 0.25) is 106 Å². The molecule has 0 fully saturated rings. The Morgan fingerprint density at radius 1 is 0.385 bits per heavy atom. The second-order valence-electron chi connectivity index (χ2n) is 33.7. The predicted molar refractivity (Wildman–Crippen MR) is 490 cm³/mol. The smallest absolute Gasteiger partial charge is 0.327 e. The summed E-state index contributed by atoms with van der Waals surface area (Å²) in [4.78, 5) is 284. The molecule has 0 aliphatic rings. The summed E-state index contributed by atoms with van der Waals surface area (Å²) in [5, 5.41) is 87.8. The van der Waals surface area contributed by atoms with Crippen molar-refractivity contribution in [1.82, 2.24) is 95.0 Å². The Balaban J connectivity index is 2.03.